The van der Waals surface area contributed by atoms with Gasteiger partial charge in [0.05, 0.1) is 5.56 Å². The second kappa shape index (κ2) is 8.42. The van der Waals surface area contributed by atoms with Gasteiger partial charge in [0.25, 0.3) is 5.91 Å². The third-order valence-electron chi connectivity index (χ3n) is 6.21. The molecule has 2 N–H and O–H groups in total. The van der Waals surface area contributed by atoms with Crippen LogP contribution in [-0.4, -0.2) is 41.0 Å². The molecule has 1 saturated heterocycles. The molecular formula is C26H28N2O3. The van der Waals surface area contributed by atoms with E-state index >= 15 is 0 Å². The lowest BCUT2D eigenvalue weighted by molar-refractivity contribution is -0.125. The monoisotopic (exact) mass is 416 g/mol. The van der Waals surface area contributed by atoms with Gasteiger partial charge in [0, 0.05) is 23.9 Å². The SMILES string of the molecule is CC(C)(CNC(=O)[C@H]1CCCN1C(=O)c1ccc2ccccc2c1O)c1ccccc1. The Morgan fingerprint density at radius 2 is 1.74 bits per heavy atom. The van der Waals surface area contributed by atoms with Gasteiger partial charge in [0.2, 0.25) is 5.91 Å². The van der Waals surface area contributed by atoms with Crippen LogP contribution < -0.4 is 5.32 Å². The van der Waals surface area contributed by atoms with Crippen LogP contribution >= 0.6 is 0 Å². The summed E-state index contributed by atoms with van der Waals surface area (Å²) >= 11 is 0. The van der Waals surface area contributed by atoms with Crippen molar-refractivity contribution in [3.05, 3.63) is 77.9 Å². The minimum absolute atomic E-state index is 0.0284. The smallest absolute Gasteiger partial charge is 0.258 e. The Kier molecular flexibility index (Phi) is 5.68. The summed E-state index contributed by atoms with van der Waals surface area (Å²) in [5, 5.41) is 15.2. The van der Waals surface area contributed by atoms with E-state index < -0.39 is 6.04 Å². The van der Waals surface area contributed by atoms with Gasteiger partial charge < -0.3 is 15.3 Å². The van der Waals surface area contributed by atoms with E-state index in [-0.39, 0.29) is 28.5 Å². The number of aromatic hydroxyl groups is 1. The van der Waals surface area contributed by atoms with Gasteiger partial charge in [-0.3, -0.25) is 9.59 Å². The molecular weight excluding hydrogens is 388 g/mol. The second-order valence-corrected chi connectivity index (χ2v) is 8.81. The number of rotatable bonds is 5. The first-order chi connectivity index (χ1) is 14.9. The number of fused-ring (bicyclic) bond motifs is 1. The second-order valence-electron chi connectivity index (χ2n) is 8.81. The maximum Gasteiger partial charge on any atom is 0.258 e. The molecule has 0 spiro atoms. The van der Waals surface area contributed by atoms with E-state index in [4.69, 9.17) is 0 Å². The van der Waals surface area contributed by atoms with Crippen LogP contribution in [0.25, 0.3) is 10.8 Å². The van der Waals surface area contributed by atoms with E-state index in [9.17, 15) is 14.7 Å². The number of carbonyl (C=O) groups excluding carboxylic acids is 2. The predicted molar refractivity (Wildman–Crippen MR) is 122 cm³/mol. The third kappa shape index (κ3) is 4.13. The molecule has 3 aromatic rings. The van der Waals surface area contributed by atoms with Crippen molar-refractivity contribution < 1.29 is 14.7 Å². The normalized spacial score (nSPS) is 16.5. The van der Waals surface area contributed by atoms with Crippen molar-refractivity contribution in [2.24, 2.45) is 0 Å². The van der Waals surface area contributed by atoms with Crippen molar-refractivity contribution in [3.8, 4) is 5.75 Å². The zero-order chi connectivity index (χ0) is 22.0. The van der Waals surface area contributed by atoms with Gasteiger partial charge in [0.15, 0.2) is 0 Å². The van der Waals surface area contributed by atoms with Gasteiger partial charge in [0.1, 0.15) is 11.8 Å². The van der Waals surface area contributed by atoms with Crippen LogP contribution in [-0.2, 0) is 10.2 Å². The lowest BCUT2D eigenvalue weighted by Gasteiger charge is -2.29. The van der Waals surface area contributed by atoms with E-state index in [1.165, 1.54) is 0 Å². The fraction of sp³-hybridized carbons (Fsp3) is 0.308. The van der Waals surface area contributed by atoms with Crippen LogP contribution in [0.3, 0.4) is 0 Å². The molecule has 1 aliphatic rings. The number of nitrogens with zero attached hydrogens (tertiary/aromatic N) is 1. The fourth-order valence-electron chi connectivity index (χ4n) is 4.28. The van der Waals surface area contributed by atoms with E-state index in [1.807, 2.05) is 42.5 Å². The summed E-state index contributed by atoms with van der Waals surface area (Å²) in [6, 6.07) is 20.4. The number of hydrogen-bond donors (Lipinski definition) is 2. The number of amides is 2. The summed E-state index contributed by atoms with van der Waals surface area (Å²) in [4.78, 5) is 27.8. The largest absolute Gasteiger partial charge is 0.506 e. The van der Waals surface area contributed by atoms with Crippen LogP contribution in [0.1, 0.15) is 42.6 Å². The average Bonchev–Trinajstić information content (AvgIpc) is 3.28. The molecule has 0 unspecified atom stereocenters. The summed E-state index contributed by atoms with van der Waals surface area (Å²) in [5.41, 5.74) is 1.17. The minimum Gasteiger partial charge on any atom is -0.506 e. The molecule has 4 rings (SSSR count). The number of benzene rings is 3. The Labute approximate surface area is 182 Å². The van der Waals surface area contributed by atoms with Gasteiger partial charge in [-0.2, -0.15) is 0 Å². The summed E-state index contributed by atoms with van der Waals surface area (Å²) in [5.74, 6) is -0.474. The van der Waals surface area contributed by atoms with E-state index in [1.54, 1.807) is 17.0 Å². The first-order valence-corrected chi connectivity index (χ1v) is 10.7. The Bertz CT molecular complexity index is 1110. The fourth-order valence-corrected chi connectivity index (χ4v) is 4.28. The zero-order valence-corrected chi connectivity index (χ0v) is 18.0. The van der Waals surface area contributed by atoms with E-state index in [2.05, 4.69) is 31.3 Å². The van der Waals surface area contributed by atoms with Crippen molar-refractivity contribution in [2.75, 3.05) is 13.1 Å². The van der Waals surface area contributed by atoms with Crippen molar-refractivity contribution in [1.82, 2.24) is 10.2 Å². The summed E-state index contributed by atoms with van der Waals surface area (Å²) in [6.45, 7) is 5.17. The standard InChI is InChI=1S/C26H28N2O3/c1-26(2,19-10-4-3-5-11-19)17-27-24(30)22-13-8-16-28(22)25(31)21-15-14-18-9-6-7-12-20(18)23(21)29/h3-7,9-12,14-15,22,29H,8,13,16-17H2,1-2H3,(H,27,30)/t22-/m1/s1. The highest BCUT2D eigenvalue weighted by atomic mass is 16.3. The van der Waals surface area contributed by atoms with Gasteiger partial charge in [-0.05, 0) is 29.9 Å². The molecule has 5 nitrogen and oxygen atoms in total. The highest BCUT2D eigenvalue weighted by molar-refractivity contribution is 6.05. The molecule has 1 atom stereocenters. The molecule has 0 aliphatic carbocycles. The zero-order valence-electron chi connectivity index (χ0n) is 18.0. The topological polar surface area (TPSA) is 69.6 Å². The maximum absolute atomic E-state index is 13.2. The molecule has 1 heterocycles. The number of hydrogen-bond acceptors (Lipinski definition) is 3. The first-order valence-electron chi connectivity index (χ1n) is 10.7. The molecule has 1 fully saturated rings. The molecule has 0 bridgehead atoms. The van der Waals surface area contributed by atoms with Crippen LogP contribution in [0.5, 0.6) is 5.75 Å². The minimum atomic E-state index is -0.523. The highest BCUT2D eigenvalue weighted by Crippen LogP contribution is 2.31. The van der Waals surface area contributed by atoms with E-state index in [0.29, 0.717) is 24.9 Å². The quantitative estimate of drug-likeness (QED) is 0.653. The number of phenols is 1. The molecule has 160 valence electrons. The van der Waals surface area contributed by atoms with Crippen molar-refractivity contribution in [3.63, 3.8) is 0 Å². The molecule has 31 heavy (non-hydrogen) atoms. The Hall–Kier alpha value is -3.34. The Morgan fingerprint density at radius 3 is 2.52 bits per heavy atom. The van der Waals surface area contributed by atoms with Gasteiger partial charge in [-0.15, -0.1) is 0 Å². The molecule has 0 saturated carbocycles. The number of nitrogens with one attached hydrogen (secondary N) is 1. The van der Waals surface area contributed by atoms with Crippen molar-refractivity contribution >= 4 is 22.6 Å². The number of carbonyl (C=O) groups is 2. The molecule has 2 amide bonds. The van der Waals surface area contributed by atoms with Crippen LogP contribution in [0.15, 0.2) is 66.7 Å². The van der Waals surface area contributed by atoms with Crippen molar-refractivity contribution in [2.45, 2.75) is 38.1 Å². The number of phenolic OH excluding ortho intramolecular Hbond substituents is 1. The van der Waals surface area contributed by atoms with Crippen LogP contribution in [0.2, 0.25) is 0 Å². The van der Waals surface area contributed by atoms with Crippen LogP contribution in [0.4, 0.5) is 0 Å². The highest BCUT2D eigenvalue weighted by Gasteiger charge is 2.36. The lowest BCUT2D eigenvalue weighted by atomic mass is 9.84. The predicted octanol–water partition coefficient (Wildman–Crippen LogP) is 4.24. The summed E-state index contributed by atoms with van der Waals surface area (Å²) in [6.07, 6.45) is 1.39. The molecule has 3 aromatic carbocycles. The maximum atomic E-state index is 13.2. The molecule has 0 radical (unpaired) electrons. The average molecular weight is 417 g/mol. The summed E-state index contributed by atoms with van der Waals surface area (Å²) < 4.78 is 0. The summed E-state index contributed by atoms with van der Waals surface area (Å²) in [7, 11) is 0. The molecule has 5 heteroatoms. The van der Waals surface area contributed by atoms with Gasteiger partial charge in [-0.25, -0.2) is 0 Å². The van der Waals surface area contributed by atoms with Crippen LogP contribution in [0, 0.1) is 0 Å². The third-order valence-corrected chi connectivity index (χ3v) is 6.21. The van der Waals surface area contributed by atoms with Crippen molar-refractivity contribution in [1.29, 1.82) is 0 Å². The van der Waals surface area contributed by atoms with E-state index in [0.717, 1.165) is 17.4 Å². The Balaban J connectivity index is 1.49. The van der Waals surface area contributed by atoms with Gasteiger partial charge in [-0.1, -0.05) is 74.5 Å². The lowest BCUT2D eigenvalue weighted by Crippen LogP contribution is -2.48. The molecule has 0 aromatic heterocycles. The molecule has 1 aliphatic heterocycles. The first kappa shape index (κ1) is 20.9. The van der Waals surface area contributed by atoms with Gasteiger partial charge >= 0.3 is 0 Å². The Morgan fingerprint density at radius 1 is 1.03 bits per heavy atom. The number of likely N-dealkylation sites (tertiary alicyclic amines) is 1.